The van der Waals surface area contributed by atoms with Crippen LogP contribution in [0.3, 0.4) is 0 Å². The molecule has 0 N–H and O–H groups in total. The van der Waals surface area contributed by atoms with Gasteiger partial charge in [-0.3, -0.25) is 0 Å². The molecule has 58 heavy (non-hydrogen) atoms. The summed E-state index contributed by atoms with van der Waals surface area (Å²) in [5.74, 6) is 0. The largest absolute Gasteiger partial charge is 0.454 e. The van der Waals surface area contributed by atoms with Crippen LogP contribution in [-0.2, 0) is 21.7 Å². The summed E-state index contributed by atoms with van der Waals surface area (Å²) in [6, 6.07) is 34.8. The van der Waals surface area contributed by atoms with Gasteiger partial charge in [-0.05, 0) is 133 Å². The molecule has 2 aliphatic rings. The number of hydrogen-bond donors (Lipinski definition) is 0. The highest BCUT2D eigenvalue weighted by Crippen LogP contribution is 2.59. The molecule has 1 atom stereocenters. The third-order valence-corrected chi connectivity index (χ3v) is 15.5. The van der Waals surface area contributed by atoms with Crippen LogP contribution >= 0.6 is 11.3 Å². The number of unbranched alkanes of at least 4 members (excludes halogenated alkanes) is 1. The predicted molar refractivity (Wildman–Crippen MR) is 252 cm³/mol. The molecule has 5 aromatic carbocycles. The fraction of sp³-hybridized carbons (Fsp3) is 0.407. The third-order valence-electron chi connectivity index (χ3n) is 14.6. The second kappa shape index (κ2) is 13.2. The van der Waals surface area contributed by atoms with Gasteiger partial charge in [-0.15, -0.1) is 11.3 Å². The number of anilines is 5. The third kappa shape index (κ3) is 5.87. The number of rotatable bonds is 7. The van der Waals surface area contributed by atoms with Gasteiger partial charge in [0.05, 0.1) is 11.4 Å². The monoisotopic (exact) mass is 786 g/mol. The lowest BCUT2D eigenvalue weighted by Crippen LogP contribution is -2.50. The molecular formula is C54H62N2OS. The standard InChI is InChI=1S/C54H62N2OS/c1-13-14-24-54(12)43-29-35(50(3,4)5)22-23-44(43)56(53(54,10)11)37-28-34(2)27-36(30-37)55(45-20-17-19-39-38-18-15-16-21-47(38)57-49(39)45)46-33-58-48-32-42-41(31-40(46)48)51(6,7)25-26-52(42,8)9/h15-23,27-33H,13-14,24-26H2,1-12H3. The van der Waals surface area contributed by atoms with Crippen LogP contribution in [0.2, 0.25) is 0 Å². The molecule has 0 saturated carbocycles. The molecule has 7 aromatic rings. The van der Waals surface area contributed by atoms with Crippen LogP contribution in [0, 0.1) is 6.92 Å². The maximum Gasteiger partial charge on any atom is 0.159 e. The van der Waals surface area contributed by atoms with Crippen molar-refractivity contribution >= 4 is 71.8 Å². The highest BCUT2D eigenvalue weighted by molar-refractivity contribution is 7.17. The van der Waals surface area contributed by atoms with E-state index in [2.05, 4.69) is 189 Å². The number of thiophene rings is 1. The van der Waals surface area contributed by atoms with Crippen molar-refractivity contribution in [2.75, 3.05) is 9.80 Å². The SMILES string of the molecule is CCCCC1(C)c2cc(C(C)(C)C)ccc2N(c2cc(C)cc(N(c3csc4cc5c(cc34)C(C)(C)CCC5(C)C)c3cccc4c3oc3ccccc34)c2)C1(C)C. The summed E-state index contributed by atoms with van der Waals surface area (Å²) < 4.78 is 8.18. The van der Waals surface area contributed by atoms with Crippen LogP contribution < -0.4 is 9.80 Å². The maximum absolute atomic E-state index is 6.84. The second-order valence-corrected chi connectivity index (χ2v) is 21.6. The molecule has 1 unspecified atom stereocenters. The number of aryl methyl sites for hydroxylation is 1. The first-order valence-electron chi connectivity index (χ1n) is 21.7. The van der Waals surface area contributed by atoms with Crippen molar-refractivity contribution in [2.24, 2.45) is 0 Å². The zero-order valence-electron chi connectivity index (χ0n) is 37.0. The van der Waals surface area contributed by atoms with E-state index in [0.29, 0.717) is 0 Å². The first-order chi connectivity index (χ1) is 27.4. The van der Waals surface area contributed by atoms with Gasteiger partial charge in [-0.25, -0.2) is 0 Å². The Morgan fingerprint density at radius 3 is 2.16 bits per heavy atom. The highest BCUT2D eigenvalue weighted by Gasteiger charge is 2.54. The Bertz CT molecular complexity index is 2730. The lowest BCUT2D eigenvalue weighted by Gasteiger charge is -2.45. The Hall–Kier alpha value is -4.54. The molecule has 9 rings (SSSR count). The van der Waals surface area contributed by atoms with Crippen LogP contribution in [-0.4, -0.2) is 5.54 Å². The van der Waals surface area contributed by atoms with Crippen LogP contribution in [0.5, 0.6) is 0 Å². The number of benzene rings is 5. The van der Waals surface area contributed by atoms with E-state index in [4.69, 9.17) is 4.42 Å². The van der Waals surface area contributed by atoms with E-state index in [1.807, 2.05) is 11.3 Å². The molecule has 4 heteroatoms. The fourth-order valence-corrected chi connectivity index (χ4v) is 11.5. The Morgan fingerprint density at radius 2 is 1.43 bits per heavy atom. The zero-order chi connectivity index (χ0) is 41.2. The minimum Gasteiger partial charge on any atom is -0.454 e. The molecule has 2 aromatic heterocycles. The molecule has 0 radical (unpaired) electrons. The molecule has 0 amide bonds. The average molecular weight is 787 g/mol. The molecule has 1 aliphatic heterocycles. The van der Waals surface area contributed by atoms with E-state index < -0.39 is 0 Å². The van der Waals surface area contributed by atoms with E-state index in [1.165, 1.54) is 80.6 Å². The number of furan rings is 1. The summed E-state index contributed by atoms with van der Waals surface area (Å²) in [5.41, 5.74) is 15.0. The van der Waals surface area contributed by atoms with Crippen molar-refractivity contribution < 1.29 is 4.42 Å². The molecule has 0 spiro atoms. The first-order valence-corrected chi connectivity index (χ1v) is 22.6. The molecule has 1 aliphatic carbocycles. The summed E-state index contributed by atoms with van der Waals surface area (Å²) >= 11 is 1.87. The zero-order valence-corrected chi connectivity index (χ0v) is 37.8. The van der Waals surface area contributed by atoms with E-state index >= 15 is 0 Å². The van der Waals surface area contributed by atoms with E-state index in [9.17, 15) is 0 Å². The van der Waals surface area contributed by atoms with Crippen molar-refractivity contribution in [1.82, 2.24) is 0 Å². The second-order valence-electron chi connectivity index (χ2n) is 20.7. The summed E-state index contributed by atoms with van der Waals surface area (Å²) in [7, 11) is 0. The predicted octanol–water partition coefficient (Wildman–Crippen LogP) is 16.6. The Morgan fingerprint density at radius 1 is 0.724 bits per heavy atom. The van der Waals surface area contributed by atoms with Crippen LogP contribution in [0.4, 0.5) is 28.4 Å². The topological polar surface area (TPSA) is 19.6 Å². The lowest BCUT2D eigenvalue weighted by atomic mass is 9.63. The van der Waals surface area contributed by atoms with Crippen molar-refractivity contribution in [1.29, 1.82) is 0 Å². The molecule has 3 heterocycles. The number of nitrogens with zero attached hydrogens (tertiary/aromatic N) is 2. The lowest BCUT2D eigenvalue weighted by molar-refractivity contribution is 0.276. The molecule has 0 bridgehead atoms. The van der Waals surface area contributed by atoms with Crippen molar-refractivity contribution in [3.05, 3.63) is 124 Å². The molecule has 0 fully saturated rings. The summed E-state index contributed by atoms with van der Waals surface area (Å²) in [6.07, 6.45) is 5.91. The van der Waals surface area contributed by atoms with Gasteiger partial charge >= 0.3 is 0 Å². The number of para-hydroxylation sites is 2. The fourth-order valence-electron chi connectivity index (χ4n) is 10.5. The van der Waals surface area contributed by atoms with Gasteiger partial charge in [0, 0.05) is 54.3 Å². The van der Waals surface area contributed by atoms with Crippen molar-refractivity contribution in [2.45, 2.75) is 142 Å². The van der Waals surface area contributed by atoms with Crippen molar-refractivity contribution in [3.63, 3.8) is 0 Å². The van der Waals surface area contributed by atoms with Gasteiger partial charge < -0.3 is 14.2 Å². The number of fused-ring (bicyclic) bond motifs is 6. The molecule has 3 nitrogen and oxygen atoms in total. The highest BCUT2D eigenvalue weighted by atomic mass is 32.1. The van der Waals surface area contributed by atoms with E-state index in [-0.39, 0.29) is 27.2 Å². The average Bonchev–Trinajstić information content (AvgIpc) is 3.81. The molecule has 300 valence electrons. The minimum absolute atomic E-state index is 0.0354. The van der Waals surface area contributed by atoms with E-state index in [0.717, 1.165) is 39.7 Å². The Kier molecular flexibility index (Phi) is 8.89. The van der Waals surface area contributed by atoms with Crippen LogP contribution in [0.15, 0.2) is 101 Å². The van der Waals surface area contributed by atoms with Gasteiger partial charge in [0.15, 0.2) is 5.58 Å². The Balaban J connectivity index is 1.30. The first kappa shape index (κ1) is 38.9. The quantitative estimate of drug-likeness (QED) is 0.160. The van der Waals surface area contributed by atoms with Crippen LogP contribution in [0.25, 0.3) is 32.0 Å². The van der Waals surface area contributed by atoms with Gasteiger partial charge in [-0.2, -0.15) is 0 Å². The van der Waals surface area contributed by atoms with Crippen LogP contribution in [0.1, 0.15) is 136 Å². The van der Waals surface area contributed by atoms with Gasteiger partial charge in [-0.1, -0.05) is 118 Å². The van der Waals surface area contributed by atoms with Gasteiger partial charge in [0.1, 0.15) is 5.58 Å². The Labute approximate surface area is 351 Å². The maximum atomic E-state index is 6.84. The van der Waals surface area contributed by atoms with Gasteiger partial charge in [0.2, 0.25) is 0 Å². The van der Waals surface area contributed by atoms with Gasteiger partial charge in [0.25, 0.3) is 0 Å². The summed E-state index contributed by atoms with van der Waals surface area (Å²) in [5, 5.41) is 5.99. The smallest absolute Gasteiger partial charge is 0.159 e. The minimum atomic E-state index is -0.178. The summed E-state index contributed by atoms with van der Waals surface area (Å²) in [4.78, 5) is 5.18. The van der Waals surface area contributed by atoms with Crippen molar-refractivity contribution in [3.8, 4) is 0 Å². The normalized spacial score (nSPS) is 19.6. The van der Waals surface area contributed by atoms with E-state index in [1.54, 1.807) is 0 Å². The molecule has 0 saturated heterocycles. The number of hydrogen-bond acceptors (Lipinski definition) is 4. The summed E-state index contributed by atoms with van der Waals surface area (Å²) in [6.45, 7) is 28.8. The molecular weight excluding hydrogens is 725 g/mol.